The van der Waals surface area contributed by atoms with E-state index in [2.05, 4.69) is 18.8 Å². The molecule has 0 saturated carbocycles. The lowest BCUT2D eigenvalue weighted by Crippen LogP contribution is -2.09. The quantitative estimate of drug-likeness (QED) is 0.286. The molecule has 2 aromatic heterocycles. The number of carbonyl (C=O) groups is 1. The number of hydrogen-bond acceptors (Lipinski definition) is 7. The lowest BCUT2D eigenvalue weighted by molar-refractivity contribution is -0.134. The van der Waals surface area contributed by atoms with Gasteiger partial charge in [0.15, 0.2) is 17.3 Å². The van der Waals surface area contributed by atoms with Gasteiger partial charge in [0.25, 0.3) is 0 Å². The summed E-state index contributed by atoms with van der Waals surface area (Å²) in [5, 5.41) is 4.73. The number of hydrogen-bond donors (Lipinski definition) is 1. The summed E-state index contributed by atoms with van der Waals surface area (Å²) in [7, 11) is 1.56. The highest BCUT2D eigenvalue weighted by atomic mass is 16.6. The van der Waals surface area contributed by atoms with E-state index in [0.717, 1.165) is 29.9 Å². The first kappa shape index (κ1) is 23.1. The molecule has 0 aliphatic carbocycles. The van der Waals surface area contributed by atoms with Crippen LogP contribution in [0.25, 0.3) is 5.82 Å². The first-order chi connectivity index (χ1) is 15.4. The molecule has 8 heteroatoms. The molecule has 0 radical (unpaired) electrons. The smallest absolute Gasteiger partial charge is 0.311 e. The van der Waals surface area contributed by atoms with Gasteiger partial charge in [0, 0.05) is 12.6 Å². The van der Waals surface area contributed by atoms with Crippen LogP contribution < -0.4 is 19.9 Å². The van der Waals surface area contributed by atoms with Crippen LogP contribution in [0, 0.1) is 0 Å². The Kier molecular flexibility index (Phi) is 7.70. The lowest BCUT2D eigenvalue weighted by Gasteiger charge is -2.14. The van der Waals surface area contributed by atoms with E-state index in [9.17, 15) is 4.79 Å². The van der Waals surface area contributed by atoms with Crippen LogP contribution in [-0.4, -0.2) is 34.5 Å². The van der Waals surface area contributed by atoms with E-state index in [0.29, 0.717) is 29.5 Å². The molecule has 0 saturated heterocycles. The van der Waals surface area contributed by atoms with Crippen molar-refractivity contribution >= 4 is 11.7 Å². The molecule has 1 aromatic carbocycles. The van der Waals surface area contributed by atoms with Crippen LogP contribution in [0.2, 0.25) is 0 Å². The van der Waals surface area contributed by atoms with E-state index in [1.165, 1.54) is 0 Å². The van der Waals surface area contributed by atoms with E-state index < -0.39 is 0 Å². The summed E-state index contributed by atoms with van der Waals surface area (Å²) in [6.45, 7) is 6.41. The third kappa shape index (κ3) is 5.57. The molecule has 0 atom stereocenters. The second kappa shape index (κ2) is 10.7. The standard InChI is InChI=1S/C24H30N4O4/c1-5-22(29)32-20-10-6-9-19(30-4)24(20)31-13-7-8-17-15-28(27-23(17)16(2)3)21-12-11-18(25)14-26-21/h6,9-12,14-16H,5,7-8,13,25H2,1-4H3. The molecule has 0 unspecified atom stereocenters. The predicted octanol–water partition coefficient (Wildman–Crippen LogP) is 4.31. The highest BCUT2D eigenvalue weighted by Crippen LogP contribution is 2.37. The van der Waals surface area contributed by atoms with Gasteiger partial charge in [0.2, 0.25) is 5.75 Å². The van der Waals surface area contributed by atoms with E-state index in [4.69, 9.17) is 25.0 Å². The average Bonchev–Trinajstić information content (AvgIpc) is 3.22. The van der Waals surface area contributed by atoms with Crippen LogP contribution in [0.4, 0.5) is 5.69 Å². The van der Waals surface area contributed by atoms with Crippen LogP contribution in [0.15, 0.2) is 42.7 Å². The van der Waals surface area contributed by atoms with Crippen LogP contribution in [0.1, 0.15) is 50.8 Å². The Labute approximate surface area is 188 Å². The minimum absolute atomic E-state index is 0.273. The van der Waals surface area contributed by atoms with E-state index in [1.54, 1.807) is 43.1 Å². The molecule has 8 nitrogen and oxygen atoms in total. The third-order valence-electron chi connectivity index (χ3n) is 4.89. The summed E-state index contributed by atoms with van der Waals surface area (Å²) in [5.74, 6) is 1.99. The van der Waals surface area contributed by atoms with Crippen molar-refractivity contribution in [2.24, 2.45) is 0 Å². The van der Waals surface area contributed by atoms with E-state index >= 15 is 0 Å². The van der Waals surface area contributed by atoms with Crippen LogP contribution in [0.3, 0.4) is 0 Å². The largest absolute Gasteiger partial charge is 0.493 e. The van der Waals surface area contributed by atoms with Crippen molar-refractivity contribution in [3.63, 3.8) is 0 Å². The van der Waals surface area contributed by atoms with Crippen LogP contribution in [0.5, 0.6) is 17.2 Å². The number of nitrogens with two attached hydrogens (primary N) is 1. The SMILES string of the molecule is CCC(=O)Oc1cccc(OC)c1OCCCc1cn(-c2ccc(N)cn2)nc1C(C)C. The maximum Gasteiger partial charge on any atom is 0.311 e. The molecule has 32 heavy (non-hydrogen) atoms. The molecular weight excluding hydrogens is 408 g/mol. The minimum Gasteiger partial charge on any atom is -0.493 e. The number of aromatic nitrogens is 3. The van der Waals surface area contributed by atoms with Crippen LogP contribution in [-0.2, 0) is 11.2 Å². The summed E-state index contributed by atoms with van der Waals surface area (Å²) < 4.78 is 18.5. The highest BCUT2D eigenvalue weighted by molar-refractivity contribution is 5.73. The molecule has 2 heterocycles. The number of nitrogen functional groups attached to an aromatic ring is 1. The van der Waals surface area contributed by atoms with Crippen molar-refractivity contribution in [1.29, 1.82) is 0 Å². The first-order valence-corrected chi connectivity index (χ1v) is 10.7. The van der Waals surface area contributed by atoms with Crippen molar-refractivity contribution in [2.45, 2.75) is 46.0 Å². The molecule has 0 bridgehead atoms. The van der Waals surface area contributed by atoms with Gasteiger partial charge in [0.05, 0.1) is 31.3 Å². The number of carbonyl (C=O) groups excluding carboxylic acids is 1. The Bertz CT molecular complexity index is 1040. The normalized spacial score (nSPS) is 10.9. The Morgan fingerprint density at radius 3 is 2.62 bits per heavy atom. The Morgan fingerprint density at radius 1 is 1.19 bits per heavy atom. The summed E-state index contributed by atoms with van der Waals surface area (Å²) in [4.78, 5) is 16.1. The van der Waals surface area contributed by atoms with E-state index in [-0.39, 0.29) is 18.3 Å². The number of ether oxygens (including phenoxy) is 3. The van der Waals surface area contributed by atoms with Gasteiger partial charge in [-0.25, -0.2) is 9.67 Å². The highest BCUT2D eigenvalue weighted by Gasteiger charge is 2.16. The molecule has 170 valence electrons. The molecule has 0 amide bonds. The van der Waals surface area contributed by atoms with Gasteiger partial charge < -0.3 is 19.9 Å². The zero-order valence-electron chi connectivity index (χ0n) is 19.0. The van der Waals surface area contributed by atoms with Gasteiger partial charge in [0.1, 0.15) is 0 Å². The molecular formula is C24H30N4O4. The van der Waals surface area contributed by atoms with Crippen molar-refractivity contribution in [1.82, 2.24) is 14.8 Å². The van der Waals surface area contributed by atoms with Gasteiger partial charge in [-0.3, -0.25) is 4.79 Å². The monoisotopic (exact) mass is 438 g/mol. The van der Waals surface area contributed by atoms with Crippen molar-refractivity contribution < 1.29 is 19.0 Å². The number of para-hydroxylation sites is 1. The number of pyridine rings is 1. The number of methoxy groups -OCH3 is 1. The Morgan fingerprint density at radius 2 is 1.97 bits per heavy atom. The molecule has 0 spiro atoms. The molecule has 3 aromatic rings. The zero-order valence-corrected chi connectivity index (χ0v) is 19.0. The van der Waals surface area contributed by atoms with Gasteiger partial charge >= 0.3 is 5.97 Å². The maximum absolute atomic E-state index is 11.7. The predicted molar refractivity (Wildman–Crippen MR) is 123 cm³/mol. The van der Waals surface area contributed by atoms with Gasteiger partial charge in [-0.15, -0.1) is 0 Å². The number of benzene rings is 1. The number of nitrogens with zero attached hydrogens (tertiary/aromatic N) is 3. The second-order valence-corrected chi connectivity index (χ2v) is 7.66. The molecule has 2 N–H and O–H groups in total. The summed E-state index contributed by atoms with van der Waals surface area (Å²) in [6, 6.07) is 8.90. The topological polar surface area (TPSA) is 101 Å². The molecule has 0 aliphatic rings. The van der Waals surface area contributed by atoms with Crippen LogP contribution >= 0.6 is 0 Å². The second-order valence-electron chi connectivity index (χ2n) is 7.66. The average molecular weight is 439 g/mol. The van der Waals surface area contributed by atoms with Crippen molar-refractivity contribution in [3.8, 4) is 23.1 Å². The molecule has 0 aliphatic heterocycles. The fourth-order valence-corrected chi connectivity index (χ4v) is 3.26. The van der Waals surface area contributed by atoms with Gasteiger partial charge in [-0.1, -0.05) is 26.8 Å². The summed E-state index contributed by atoms with van der Waals surface area (Å²) >= 11 is 0. The summed E-state index contributed by atoms with van der Waals surface area (Å²) in [5.41, 5.74) is 8.52. The summed E-state index contributed by atoms with van der Waals surface area (Å²) in [6.07, 6.45) is 5.43. The maximum atomic E-state index is 11.7. The fourth-order valence-electron chi connectivity index (χ4n) is 3.26. The Balaban J connectivity index is 1.69. The minimum atomic E-state index is -0.326. The molecule has 3 rings (SSSR count). The Hall–Kier alpha value is -3.55. The number of aryl methyl sites for hydroxylation is 1. The third-order valence-corrected chi connectivity index (χ3v) is 4.89. The van der Waals surface area contributed by atoms with Crippen molar-refractivity contribution in [2.75, 3.05) is 19.5 Å². The molecule has 0 fully saturated rings. The lowest BCUT2D eigenvalue weighted by atomic mass is 10.0. The van der Waals surface area contributed by atoms with Crippen molar-refractivity contribution in [3.05, 3.63) is 54.0 Å². The zero-order chi connectivity index (χ0) is 23.1. The first-order valence-electron chi connectivity index (χ1n) is 10.7. The van der Waals surface area contributed by atoms with E-state index in [1.807, 2.05) is 18.3 Å². The number of anilines is 1. The number of esters is 1. The fraction of sp³-hybridized carbons (Fsp3) is 0.375. The number of rotatable bonds is 10. The van der Waals surface area contributed by atoms with Gasteiger partial charge in [-0.2, -0.15) is 5.10 Å². The van der Waals surface area contributed by atoms with Gasteiger partial charge in [-0.05, 0) is 48.6 Å².